The number of benzene rings is 2. The molecule has 2 aromatic carbocycles. The van der Waals surface area contributed by atoms with Gasteiger partial charge in [-0.25, -0.2) is 0 Å². The highest BCUT2D eigenvalue weighted by atomic mass is 35.5. The highest BCUT2D eigenvalue weighted by Gasteiger charge is 2.15. The van der Waals surface area contributed by atoms with Crippen molar-refractivity contribution in [3.05, 3.63) is 75.0 Å². The second kappa shape index (κ2) is 8.27. The summed E-state index contributed by atoms with van der Waals surface area (Å²) in [6, 6.07) is 14.7. The second-order valence-electron chi connectivity index (χ2n) is 6.27. The first-order valence-electron chi connectivity index (χ1n) is 8.75. The fourth-order valence-corrected chi connectivity index (χ4v) is 3.12. The number of aromatic nitrogens is 1. The molecule has 0 fully saturated rings. The molecule has 0 aliphatic heterocycles. The highest BCUT2D eigenvalue weighted by Crippen LogP contribution is 2.21. The first kappa shape index (κ1) is 19.0. The number of carbonyl (C=O) groups excluding carboxylic acids is 1. The van der Waals surface area contributed by atoms with E-state index < -0.39 is 0 Å². The lowest BCUT2D eigenvalue weighted by molar-refractivity contribution is -0.130. The topological polar surface area (TPSA) is 62.4 Å². The fourth-order valence-electron chi connectivity index (χ4n) is 2.92. The Morgan fingerprint density at radius 1 is 1.11 bits per heavy atom. The minimum atomic E-state index is -0.211. The summed E-state index contributed by atoms with van der Waals surface area (Å²) in [5.41, 5.74) is 1.87. The molecular formula is C21H21ClN2O3. The van der Waals surface area contributed by atoms with Gasteiger partial charge in [-0.1, -0.05) is 29.8 Å². The molecule has 140 valence electrons. The van der Waals surface area contributed by atoms with Crippen LogP contribution in [0.3, 0.4) is 0 Å². The number of amides is 1. The molecule has 5 nitrogen and oxygen atoms in total. The number of hydrogen-bond acceptors (Lipinski definition) is 3. The number of halogens is 1. The molecule has 1 amide bonds. The molecule has 0 spiro atoms. The quantitative estimate of drug-likeness (QED) is 0.695. The Balaban J connectivity index is 1.92. The molecule has 27 heavy (non-hydrogen) atoms. The predicted octanol–water partition coefficient (Wildman–Crippen LogP) is 4.13. The lowest BCUT2D eigenvalue weighted by atomic mass is 10.1. The minimum Gasteiger partial charge on any atom is -0.494 e. The SMILES string of the molecule is CCOc1ccc2[nH]c(=O)c(CN(Cc3ccccc3Cl)C(C)=O)cc2c1. The number of nitrogens with zero attached hydrogens (tertiary/aromatic N) is 1. The molecule has 0 bridgehead atoms. The van der Waals surface area contributed by atoms with Crippen LogP contribution in [0.4, 0.5) is 0 Å². The number of ether oxygens (including phenoxy) is 1. The van der Waals surface area contributed by atoms with Gasteiger partial charge in [0.05, 0.1) is 13.2 Å². The molecule has 0 atom stereocenters. The van der Waals surface area contributed by atoms with Crippen LogP contribution in [0.15, 0.2) is 53.3 Å². The van der Waals surface area contributed by atoms with Crippen LogP contribution in [0.2, 0.25) is 5.02 Å². The van der Waals surface area contributed by atoms with E-state index in [1.54, 1.807) is 17.0 Å². The number of aromatic amines is 1. The summed E-state index contributed by atoms with van der Waals surface area (Å²) in [5.74, 6) is 0.611. The second-order valence-corrected chi connectivity index (χ2v) is 6.68. The van der Waals surface area contributed by atoms with Gasteiger partial charge in [-0.05, 0) is 42.8 Å². The zero-order chi connectivity index (χ0) is 19.4. The molecule has 1 heterocycles. The number of rotatable bonds is 6. The van der Waals surface area contributed by atoms with Gasteiger partial charge in [0.25, 0.3) is 5.56 Å². The van der Waals surface area contributed by atoms with Crippen LogP contribution < -0.4 is 10.3 Å². The average molecular weight is 385 g/mol. The normalized spacial score (nSPS) is 10.8. The van der Waals surface area contributed by atoms with Crippen molar-refractivity contribution in [2.75, 3.05) is 6.61 Å². The molecule has 3 aromatic rings. The van der Waals surface area contributed by atoms with Crippen molar-refractivity contribution in [3.8, 4) is 5.75 Å². The summed E-state index contributed by atoms with van der Waals surface area (Å²) in [6.07, 6.45) is 0. The van der Waals surface area contributed by atoms with Gasteiger partial charge in [-0.3, -0.25) is 9.59 Å². The van der Waals surface area contributed by atoms with Crippen LogP contribution in [-0.2, 0) is 17.9 Å². The summed E-state index contributed by atoms with van der Waals surface area (Å²) < 4.78 is 5.52. The summed E-state index contributed by atoms with van der Waals surface area (Å²) in [7, 11) is 0. The zero-order valence-corrected chi connectivity index (χ0v) is 16.0. The van der Waals surface area contributed by atoms with E-state index in [0.717, 1.165) is 22.2 Å². The molecular weight excluding hydrogens is 364 g/mol. The zero-order valence-electron chi connectivity index (χ0n) is 15.3. The van der Waals surface area contributed by atoms with Crippen LogP contribution in [-0.4, -0.2) is 22.4 Å². The minimum absolute atomic E-state index is 0.127. The predicted molar refractivity (Wildman–Crippen MR) is 107 cm³/mol. The van der Waals surface area contributed by atoms with Crippen LogP contribution in [0.25, 0.3) is 10.9 Å². The Hall–Kier alpha value is -2.79. The van der Waals surface area contributed by atoms with Crippen molar-refractivity contribution in [1.82, 2.24) is 9.88 Å². The van der Waals surface area contributed by atoms with Gasteiger partial charge in [0, 0.05) is 35.0 Å². The molecule has 0 aliphatic rings. The molecule has 0 unspecified atom stereocenters. The van der Waals surface area contributed by atoms with E-state index in [1.165, 1.54) is 6.92 Å². The maximum absolute atomic E-state index is 12.5. The Morgan fingerprint density at radius 2 is 1.85 bits per heavy atom. The van der Waals surface area contributed by atoms with E-state index in [9.17, 15) is 9.59 Å². The molecule has 1 N–H and O–H groups in total. The summed E-state index contributed by atoms with van der Waals surface area (Å²) >= 11 is 6.21. The molecule has 0 saturated heterocycles. The van der Waals surface area contributed by atoms with Crippen molar-refractivity contribution < 1.29 is 9.53 Å². The largest absolute Gasteiger partial charge is 0.494 e. The summed E-state index contributed by atoms with van der Waals surface area (Å²) in [5, 5.41) is 1.45. The standard InChI is InChI=1S/C21H21ClN2O3/c1-3-27-18-8-9-20-16(11-18)10-17(21(26)23-20)13-24(14(2)25)12-15-6-4-5-7-19(15)22/h4-11H,3,12-13H2,1-2H3,(H,23,26). The van der Waals surface area contributed by atoms with Gasteiger partial charge in [-0.2, -0.15) is 0 Å². The van der Waals surface area contributed by atoms with Crippen molar-refractivity contribution in [3.63, 3.8) is 0 Å². The first-order chi connectivity index (χ1) is 13.0. The number of H-pyrrole nitrogens is 1. The number of carbonyl (C=O) groups is 1. The molecule has 6 heteroatoms. The van der Waals surface area contributed by atoms with Crippen molar-refractivity contribution in [2.45, 2.75) is 26.9 Å². The van der Waals surface area contributed by atoms with Gasteiger partial charge >= 0.3 is 0 Å². The van der Waals surface area contributed by atoms with Crippen molar-refractivity contribution in [1.29, 1.82) is 0 Å². The van der Waals surface area contributed by atoms with Gasteiger partial charge in [0.15, 0.2) is 0 Å². The van der Waals surface area contributed by atoms with E-state index in [4.69, 9.17) is 16.3 Å². The Morgan fingerprint density at radius 3 is 2.56 bits per heavy atom. The molecule has 0 aliphatic carbocycles. The highest BCUT2D eigenvalue weighted by molar-refractivity contribution is 6.31. The maximum atomic E-state index is 12.5. The fraction of sp³-hybridized carbons (Fsp3) is 0.238. The van der Waals surface area contributed by atoms with E-state index >= 15 is 0 Å². The first-order valence-corrected chi connectivity index (χ1v) is 9.13. The lowest BCUT2D eigenvalue weighted by Crippen LogP contribution is -2.30. The van der Waals surface area contributed by atoms with Gasteiger partial charge in [-0.15, -0.1) is 0 Å². The third-order valence-electron chi connectivity index (χ3n) is 4.33. The van der Waals surface area contributed by atoms with Gasteiger partial charge < -0.3 is 14.6 Å². The number of fused-ring (bicyclic) bond motifs is 1. The van der Waals surface area contributed by atoms with E-state index in [0.29, 0.717) is 23.7 Å². The Kier molecular flexibility index (Phi) is 5.81. The Bertz CT molecular complexity index is 1030. The third-order valence-corrected chi connectivity index (χ3v) is 4.70. The third kappa shape index (κ3) is 4.49. The number of nitrogens with one attached hydrogen (secondary N) is 1. The van der Waals surface area contributed by atoms with Crippen molar-refractivity contribution in [2.24, 2.45) is 0 Å². The monoisotopic (exact) mass is 384 g/mol. The lowest BCUT2D eigenvalue weighted by Gasteiger charge is -2.21. The molecule has 1 aromatic heterocycles. The van der Waals surface area contributed by atoms with Crippen LogP contribution in [0, 0.1) is 0 Å². The van der Waals surface area contributed by atoms with Crippen molar-refractivity contribution >= 4 is 28.4 Å². The maximum Gasteiger partial charge on any atom is 0.253 e. The molecule has 0 radical (unpaired) electrons. The van der Waals surface area contributed by atoms with E-state index in [2.05, 4.69) is 4.98 Å². The van der Waals surface area contributed by atoms with Gasteiger partial charge in [0.1, 0.15) is 5.75 Å². The van der Waals surface area contributed by atoms with Crippen LogP contribution >= 0.6 is 11.6 Å². The Labute approximate surface area is 162 Å². The summed E-state index contributed by atoms with van der Waals surface area (Å²) in [4.78, 5) is 29.1. The van der Waals surface area contributed by atoms with E-state index in [-0.39, 0.29) is 18.0 Å². The average Bonchev–Trinajstić information content (AvgIpc) is 2.63. The summed E-state index contributed by atoms with van der Waals surface area (Å²) in [6.45, 7) is 4.51. The van der Waals surface area contributed by atoms with Crippen LogP contribution in [0.5, 0.6) is 5.75 Å². The molecule has 3 rings (SSSR count). The molecule has 0 saturated carbocycles. The smallest absolute Gasteiger partial charge is 0.253 e. The number of hydrogen-bond donors (Lipinski definition) is 1. The van der Waals surface area contributed by atoms with Gasteiger partial charge in [0.2, 0.25) is 5.91 Å². The number of pyridine rings is 1. The van der Waals surface area contributed by atoms with Crippen LogP contribution in [0.1, 0.15) is 25.0 Å². The van der Waals surface area contributed by atoms with E-state index in [1.807, 2.05) is 43.3 Å².